The topological polar surface area (TPSA) is 46.2 Å². The second-order valence-electron chi connectivity index (χ2n) is 3.17. The molecule has 0 saturated carbocycles. The predicted molar refractivity (Wildman–Crippen MR) is 65.4 cm³/mol. The summed E-state index contributed by atoms with van der Waals surface area (Å²) in [6.07, 6.45) is -0.198. The van der Waals surface area contributed by atoms with Crippen molar-refractivity contribution >= 4 is 52.2 Å². The van der Waals surface area contributed by atoms with Gasteiger partial charge in [0.1, 0.15) is 5.78 Å². The Hall–Kier alpha value is -0.770. The van der Waals surface area contributed by atoms with E-state index >= 15 is 0 Å². The Bertz CT molecular complexity index is 446. The van der Waals surface area contributed by atoms with Crippen LogP contribution >= 0.6 is 34.8 Å². The molecule has 0 aliphatic carbocycles. The van der Waals surface area contributed by atoms with Crippen LogP contribution in [-0.4, -0.2) is 11.7 Å². The van der Waals surface area contributed by atoms with E-state index < -0.39 is 5.91 Å². The number of hydrogen-bond acceptors (Lipinski definition) is 2. The quantitative estimate of drug-likeness (QED) is 0.679. The van der Waals surface area contributed by atoms with Crippen molar-refractivity contribution < 1.29 is 9.59 Å². The van der Waals surface area contributed by atoms with Crippen LogP contribution in [0, 0.1) is 0 Å². The van der Waals surface area contributed by atoms with Gasteiger partial charge >= 0.3 is 0 Å². The van der Waals surface area contributed by atoms with Crippen LogP contribution in [0.3, 0.4) is 0 Å². The third-order valence-corrected chi connectivity index (χ3v) is 2.73. The lowest BCUT2D eigenvalue weighted by atomic mass is 10.2. The van der Waals surface area contributed by atoms with Crippen molar-refractivity contribution in [2.24, 2.45) is 0 Å². The van der Waals surface area contributed by atoms with Gasteiger partial charge in [-0.15, -0.1) is 0 Å². The van der Waals surface area contributed by atoms with E-state index in [2.05, 4.69) is 5.32 Å². The summed E-state index contributed by atoms with van der Waals surface area (Å²) < 4.78 is 0. The normalized spacial score (nSPS) is 10.0. The number of anilines is 1. The van der Waals surface area contributed by atoms with Crippen LogP contribution in [0.15, 0.2) is 12.1 Å². The lowest BCUT2D eigenvalue weighted by Crippen LogP contribution is -2.14. The first-order chi connectivity index (χ1) is 7.40. The Morgan fingerprint density at radius 1 is 1.12 bits per heavy atom. The molecule has 0 bridgehead atoms. The molecule has 1 aromatic carbocycles. The van der Waals surface area contributed by atoms with Crippen LogP contribution in [0.4, 0.5) is 5.69 Å². The van der Waals surface area contributed by atoms with E-state index in [0.29, 0.717) is 10.7 Å². The molecular weight excluding hydrogens is 272 g/mol. The van der Waals surface area contributed by atoms with Gasteiger partial charge in [-0.25, -0.2) is 0 Å². The Balaban J connectivity index is 2.85. The zero-order valence-electron chi connectivity index (χ0n) is 8.31. The summed E-state index contributed by atoms with van der Waals surface area (Å²) >= 11 is 17.3. The van der Waals surface area contributed by atoms with Crippen molar-refractivity contribution in [1.29, 1.82) is 0 Å². The number of carbonyl (C=O) groups is 2. The largest absolute Gasteiger partial charge is 0.324 e. The van der Waals surface area contributed by atoms with Crippen LogP contribution in [0.25, 0.3) is 0 Å². The van der Waals surface area contributed by atoms with Crippen LogP contribution in [-0.2, 0) is 9.59 Å². The summed E-state index contributed by atoms with van der Waals surface area (Å²) in [4.78, 5) is 22.0. The maximum absolute atomic E-state index is 11.3. The van der Waals surface area contributed by atoms with Gasteiger partial charge in [0.25, 0.3) is 0 Å². The maximum Gasteiger partial charge on any atom is 0.231 e. The van der Waals surface area contributed by atoms with Crippen molar-refractivity contribution in [2.45, 2.75) is 13.3 Å². The van der Waals surface area contributed by atoms with E-state index in [-0.39, 0.29) is 22.2 Å². The number of ketones is 1. The number of benzene rings is 1. The Labute approximate surface area is 108 Å². The highest BCUT2D eigenvalue weighted by molar-refractivity contribution is 6.44. The van der Waals surface area contributed by atoms with E-state index in [1.54, 1.807) is 0 Å². The standard InChI is InChI=1S/C10H8Cl3NO2/c1-5(15)2-10(16)14-9-4-7(12)6(11)3-8(9)13/h3-4H,2H2,1H3,(H,14,16). The third kappa shape index (κ3) is 3.67. The van der Waals surface area contributed by atoms with Crippen LogP contribution in [0.5, 0.6) is 0 Å². The number of rotatable bonds is 3. The highest BCUT2D eigenvalue weighted by Crippen LogP contribution is 2.32. The third-order valence-electron chi connectivity index (χ3n) is 1.69. The SMILES string of the molecule is CC(=O)CC(=O)Nc1cc(Cl)c(Cl)cc1Cl. The molecular formula is C10H8Cl3NO2. The second-order valence-corrected chi connectivity index (χ2v) is 4.39. The molecule has 1 aromatic rings. The molecule has 0 aliphatic rings. The number of hydrogen-bond donors (Lipinski definition) is 1. The lowest BCUT2D eigenvalue weighted by molar-refractivity contribution is -0.124. The molecule has 16 heavy (non-hydrogen) atoms. The summed E-state index contributed by atoms with van der Waals surface area (Å²) in [6, 6.07) is 2.86. The van der Waals surface area contributed by atoms with Crippen LogP contribution < -0.4 is 5.32 Å². The van der Waals surface area contributed by atoms with Crippen molar-refractivity contribution in [2.75, 3.05) is 5.32 Å². The molecule has 0 saturated heterocycles. The van der Waals surface area contributed by atoms with Crippen molar-refractivity contribution in [3.63, 3.8) is 0 Å². The number of halogens is 3. The molecule has 1 N–H and O–H groups in total. The van der Waals surface area contributed by atoms with Gasteiger partial charge in [0.05, 0.1) is 27.2 Å². The minimum absolute atomic E-state index is 0.198. The van der Waals surface area contributed by atoms with Gasteiger partial charge in [-0.1, -0.05) is 34.8 Å². The van der Waals surface area contributed by atoms with Gasteiger partial charge in [-0.05, 0) is 19.1 Å². The van der Waals surface area contributed by atoms with Gasteiger partial charge < -0.3 is 5.32 Å². The summed E-state index contributed by atoms with van der Waals surface area (Å²) in [5.41, 5.74) is 0.335. The van der Waals surface area contributed by atoms with Crippen molar-refractivity contribution in [1.82, 2.24) is 0 Å². The summed E-state index contributed by atoms with van der Waals surface area (Å²) in [5, 5.41) is 3.33. The van der Waals surface area contributed by atoms with E-state index in [4.69, 9.17) is 34.8 Å². The molecule has 0 atom stereocenters. The molecule has 0 unspecified atom stereocenters. The lowest BCUT2D eigenvalue weighted by Gasteiger charge is -2.07. The zero-order valence-corrected chi connectivity index (χ0v) is 10.6. The van der Waals surface area contributed by atoms with Crippen LogP contribution in [0.1, 0.15) is 13.3 Å². The molecule has 86 valence electrons. The van der Waals surface area contributed by atoms with E-state index in [1.807, 2.05) is 0 Å². The van der Waals surface area contributed by atoms with Gasteiger partial charge in [-0.3, -0.25) is 9.59 Å². The number of carbonyl (C=O) groups excluding carboxylic acids is 2. The number of amides is 1. The van der Waals surface area contributed by atoms with E-state index in [1.165, 1.54) is 19.1 Å². The van der Waals surface area contributed by atoms with Crippen molar-refractivity contribution in [3.8, 4) is 0 Å². The van der Waals surface area contributed by atoms with Gasteiger partial charge in [0, 0.05) is 0 Å². The van der Waals surface area contributed by atoms with E-state index in [0.717, 1.165) is 0 Å². The molecule has 6 heteroatoms. The molecule has 0 spiro atoms. The predicted octanol–water partition coefficient (Wildman–Crippen LogP) is 3.56. The highest BCUT2D eigenvalue weighted by Gasteiger charge is 2.10. The fraction of sp³-hybridized carbons (Fsp3) is 0.200. The molecule has 1 amide bonds. The molecule has 3 nitrogen and oxygen atoms in total. The van der Waals surface area contributed by atoms with Gasteiger partial charge in [0.15, 0.2) is 0 Å². The summed E-state index contributed by atoms with van der Waals surface area (Å²) in [5.74, 6) is -0.665. The Kier molecular flexibility index (Phi) is 4.59. The van der Waals surface area contributed by atoms with Gasteiger partial charge in [-0.2, -0.15) is 0 Å². The first-order valence-corrected chi connectivity index (χ1v) is 5.47. The highest BCUT2D eigenvalue weighted by atomic mass is 35.5. The zero-order chi connectivity index (χ0) is 12.3. The Morgan fingerprint density at radius 3 is 2.25 bits per heavy atom. The average molecular weight is 281 g/mol. The summed E-state index contributed by atoms with van der Waals surface area (Å²) in [7, 11) is 0. The second kappa shape index (κ2) is 5.53. The first-order valence-electron chi connectivity index (χ1n) is 4.34. The smallest absolute Gasteiger partial charge is 0.231 e. The van der Waals surface area contributed by atoms with E-state index in [9.17, 15) is 9.59 Å². The summed E-state index contributed by atoms with van der Waals surface area (Å²) in [6.45, 7) is 1.33. The average Bonchev–Trinajstić information content (AvgIpc) is 2.12. The molecule has 0 heterocycles. The number of nitrogens with one attached hydrogen (secondary N) is 1. The molecule has 0 radical (unpaired) electrons. The molecule has 0 fully saturated rings. The molecule has 1 rings (SSSR count). The van der Waals surface area contributed by atoms with Gasteiger partial charge in [0.2, 0.25) is 5.91 Å². The number of Topliss-reactive ketones (excluding diaryl/α,β-unsaturated/α-hetero) is 1. The minimum Gasteiger partial charge on any atom is -0.324 e. The van der Waals surface area contributed by atoms with Crippen LogP contribution in [0.2, 0.25) is 15.1 Å². The first kappa shape index (κ1) is 13.3. The molecule has 0 aromatic heterocycles. The maximum atomic E-state index is 11.3. The van der Waals surface area contributed by atoms with Crippen molar-refractivity contribution in [3.05, 3.63) is 27.2 Å². The fourth-order valence-electron chi connectivity index (χ4n) is 1.04. The minimum atomic E-state index is -0.437. The fourth-order valence-corrected chi connectivity index (χ4v) is 1.63. The molecule has 0 aliphatic heterocycles. The Morgan fingerprint density at radius 2 is 1.69 bits per heavy atom. The monoisotopic (exact) mass is 279 g/mol.